The first-order valence-corrected chi connectivity index (χ1v) is 9.72. The normalized spacial score (nSPS) is 16.0. The van der Waals surface area contributed by atoms with Crippen LogP contribution in [0.15, 0.2) is 45.6 Å². The lowest BCUT2D eigenvalue weighted by Gasteiger charge is -2.22. The summed E-state index contributed by atoms with van der Waals surface area (Å²) in [4.78, 5) is 19.0. The van der Waals surface area contributed by atoms with Gasteiger partial charge in [0.1, 0.15) is 5.82 Å². The number of aryl methyl sites for hydroxylation is 1. The predicted octanol–water partition coefficient (Wildman–Crippen LogP) is 4.70. The van der Waals surface area contributed by atoms with Crippen molar-refractivity contribution in [2.75, 3.05) is 0 Å². The van der Waals surface area contributed by atoms with Gasteiger partial charge in [-0.25, -0.2) is 4.98 Å². The van der Waals surface area contributed by atoms with Crippen molar-refractivity contribution in [3.63, 3.8) is 0 Å². The van der Waals surface area contributed by atoms with E-state index in [9.17, 15) is 4.79 Å². The molecule has 0 atom stereocenters. The molecular formula is C20H21N3OS. The summed E-state index contributed by atoms with van der Waals surface area (Å²) in [7, 11) is 0. The Kier molecular flexibility index (Phi) is 4.49. The summed E-state index contributed by atoms with van der Waals surface area (Å²) in [6.07, 6.45) is 7.62. The monoisotopic (exact) mass is 351 g/mol. The van der Waals surface area contributed by atoms with Gasteiger partial charge in [0.15, 0.2) is 0 Å². The second-order valence-electron chi connectivity index (χ2n) is 6.65. The highest BCUT2D eigenvalue weighted by Gasteiger charge is 2.22. The number of fused-ring (bicyclic) bond motifs is 1. The van der Waals surface area contributed by atoms with Gasteiger partial charge >= 0.3 is 0 Å². The molecule has 1 fully saturated rings. The summed E-state index contributed by atoms with van der Waals surface area (Å²) < 4.78 is 1.54. The number of hydrogen-bond donors (Lipinski definition) is 0. The molecule has 2 heterocycles. The molecule has 5 heteroatoms. The molecule has 4 nitrogen and oxygen atoms in total. The van der Waals surface area contributed by atoms with Crippen LogP contribution in [0.25, 0.3) is 10.9 Å². The molecule has 0 N–H and O–H groups in total. The summed E-state index contributed by atoms with van der Waals surface area (Å²) in [6.45, 7) is 2.06. The lowest BCUT2D eigenvalue weighted by Crippen LogP contribution is -2.25. The molecule has 25 heavy (non-hydrogen) atoms. The van der Waals surface area contributed by atoms with Gasteiger partial charge in [0.25, 0.3) is 5.56 Å². The van der Waals surface area contributed by atoms with Gasteiger partial charge in [-0.2, -0.15) is 9.78 Å². The molecular weight excluding hydrogens is 330 g/mol. The number of para-hydroxylation sites is 1. The van der Waals surface area contributed by atoms with Crippen molar-refractivity contribution < 1.29 is 0 Å². The molecule has 0 radical (unpaired) electrons. The van der Waals surface area contributed by atoms with Crippen LogP contribution in [0.3, 0.4) is 0 Å². The quantitative estimate of drug-likeness (QED) is 0.642. The largest absolute Gasteiger partial charge is 0.282 e. The highest BCUT2D eigenvalue weighted by Crippen LogP contribution is 2.31. The number of rotatable bonds is 3. The van der Waals surface area contributed by atoms with Crippen LogP contribution in [-0.2, 0) is 0 Å². The molecule has 128 valence electrons. The summed E-state index contributed by atoms with van der Waals surface area (Å²) in [5, 5.41) is 7.23. The number of aromatic nitrogens is 2. The van der Waals surface area contributed by atoms with Crippen LogP contribution in [-0.4, -0.2) is 15.9 Å². The third kappa shape index (κ3) is 3.16. The Morgan fingerprint density at radius 3 is 2.76 bits per heavy atom. The Balaban J connectivity index is 1.87. The number of thiophene rings is 1. The van der Waals surface area contributed by atoms with Crippen LogP contribution in [0.1, 0.15) is 54.3 Å². The molecule has 0 amide bonds. The lowest BCUT2D eigenvalue weighted by molar-refractivity contribution is 0.416. The molecule has 0 bridgehead atoms. The molecule has 1 aliphatic rings. The smallest absolute Gasteiger partial charge is 0.267 e. The molecule has 1 aliphatic carbocycles. The molecule has 0 spiro atoms. The van der Waals surface area contributed by atoms with Crippen LogP contribution in [0.4, 0.5) is 0 Å². The van der Waals surface area contributed by atoms with E-state index in [4.69, 9.17) is 4.98 Å². The zero-order valence-electron chi connectivity index (χ0n) is 14.3. The van der Waals surface area contributed by atoms with Crippen LogP contribution < -0.4 is 5.56 Å². The molecule has 2 aromatic heterocycles. The van der Waals surface area contributed by atoms with E-state index < -0.39 is 0 Å². The maximum absolute atomic E-state index is 13.0. The topological polar surface area (TPSA) is 47.2 Å². The van der Waals surface area contributed by atoms with E-state index in [-0.39, 0.29) is 5.56 Å². The Morgan fingerprint density at radius 1 is 1.20 bits per heavy atom. The number of hydrogen-bond acceptors (Lipinski definition) is 4. The Morgan fingerprint density at radius 2 is 2.00 bits per heavy atom. The molecule has 0 unspecified atom stereocenters. The molecule has 1 saturated carbocycles. The van der Waals surface area contributed by atoms with Gasteiger partial charge < -0.3 is 0 Å². The van der Waals surface area contributed by atoms with Crippen LogP contribution >= 0.6 is 11.3 Å². The average Bonchev–Trinajstić information content (AvgIpc) is 3.06. The molecule has 3 aromatic rings. The van der Waals surface area contributed by atoms with Crippen LogP contribution in [0, 0.1) is 6.92 Å². The maximum Gasteiger partial charge on any atom is 0.282 e. The van der Waals surface area contributed by atoms with E-state index in [0.29, 0.717) is 11.3 Å². The van der Waals surface area contributed by atoms with Gasteiger partial charge in [-0.05, 0) is 48.9 Å². The summed E-state index contributed by atoms with van der Waals surface area (Å²) >= 11 is 1.63. The average molecular weight is 351 g/mol. The van der Waals surface area contributed by atoms with Crippen molar-refractivity contribution in [2.24, 2.45) is 5.10 Å². The maximum atomic E-state index is 13.0. The fourth-order valence-electron chi connectivity index (χ4n) is 3.50. The van der Waals surface area contributed by atoms with Gasteiger partial charge in [-0.3, -0.25) is 4.79 Å². The van der Waals surface area contributed by atoms with E-state index in [1.54, 1.807) is 17.6 Å². The first kappa shape index (κ1) is 16.2. The fraction of sp³-hybridized carbons (Fsp3) is 0.350. The predicted molar refractivity (Wildman–Crippen MR) is 104 cm³/mol. The standard InChI is InChI=1S/C20H21N3OS/c1-14-11-12-25-18(14)13-21-23-19(15-7-3-2-4-8-15)22-17-10-6-5-9-16(17)20(23)24/h5-6,9-13,15H,2-4,7-8H2,1H3. The zero-order valence-corrected chi connectivity index (χ0v) is 15.1. The highest BCUT2D eigenvalue weighted by molar-refractivity contribution is 7.11. The van der Waals surface area contributed by atoms with Crippen LogP contribution in [0.5, 0.6) is 0 Å². The second kappa shape index (κ2) is 6.92. The highest BCUT2D eigenvalue weighted by atomic mass is 32.1. The second-order valence-corrected chi connectivity index (χ2v) is 7.60. The van der Waals surface area contributed by atoms with E-state index >= 15 is 0 Å². The van der Waals surface area contributed by atoms with Crippen molar-refractivity contribution in [3.8, 4) is 0 Å². The SMILES string of the molecule is Cc1ccsc1C=Nn1c(C2CCCCC2)nc2ccccc2c1=O. The Bertz CT molecular complexity index is 980. The third-order valence-electron chi connectivity index (χ3n) is 4.94. The third-order valence-corrected chi connectivity index (χ3v) is 5.89. The van der Waals surface area contributed by atoms with E-state index in [0.717, 1.165) is 29.1 Å². The molecule has 0 aliphatic heterocycles. The summed E-state index contributed by atoms with van der Waals surface area (Å²) in [6, 6.07) is 9.62. The minimum Gasteiger partial charge on any atom is -0.267 e. The summed E-state index contributed by atoms with van der Waals surface area (Å²) in [5.41, 5.74) is 1.87. The Labute approximate surface area is 150 Å². The van der Waals surface area contributed by atoms with Gasteiger partial charge in [0.05, 0.1) is 22.0 Å². The fourth-order valence-corrected chi connectivity index (χ4v) is 4.29. The van der Waals surface area contributed by atoms with Gasteiger partial charge in [-0.15, -0.1) is 11.3 Å². The Hall–Kier alpha value is -2.27. The zero-order chi connectivity index (χ0) is 17.2. The summed E-state index contributed by atoms with van der Waals surface area (Å²) in [5.74, 6) is 1.13. The number of benzene rings is 1. The van der Waals surface area contributed by atoms with Gasteiger partial charge in [0, 0.05) is 5.92 Å². The van der Waals surface area contributed by atoms with Gasteiger partial charge in [-0.1, -0.05) is 31.4 Å². The van der Waals surface area contributed by atoms with Crippen molar-refractivity contribution in [2.45, 2.75) is 44.9 Å². The van der Waals surface area contributed by atoms with Crippen molar-refractivity contribution in [1.29, 1.82) is 0 Å². The first-order chi connectivity index (χ1) is 12.2. The minimum atomic E-state index is -0.0726. The molecule has 1 aromatic carbocycles. The van der Waals surface area contributed by atoms with E-state index in [1.807, 2.05) is 29.6 Å². The van der Waals surface area contributed by atoms with E-state index in [2.05, 4.69) is 18.1 Å². The lowest BCUT2D eigenvalue weighted by atomic mass is 9.88. The van der Waals surface area contributed by atoms with E-state index in [1.165, 1.54) is 29.5 Å². The minimum absolute atomic E-state index is 0.0726. The molecule has 4 rings (SSSR count). The van der Waals surface area contributed by atoms with Crippen molar-refractivity contribution >= 4 is 28.5 Å². The van der Waals surface area contributed by atoms with Gasteiger partial charge in [0.2, 0.25) is 0 Å². The number of nitrogens with zero attached hydrogens (tertiary/aromatic N) is 3. The van der Waals surface area contributed by atoms with Crippen LogP contribution in [0.2, 0.25) is 0 Å². The van der Waals surface area contributed by atoms with Crippen molar-refractivity contribution in [3.05, 3.63) is 62.3 Å². The first-order valence-electron chi connectivity index (χ1n) is 8.84. The molecule has 0 saturated heterocycles. The van der Waals surface area contributed by atoms with Crippen molar-refractivity contribution in [1.82, 2.24) is 9.66 Å².